The van der Waals surface area contributed by atoms with Crippen LogP contribution in [-0.2, 0) is 6.42 Å². The summed E-state index contributed by atoms with van der Waals surface area (Å²) in [7, 11) is 0. The zero-order chi connectivity index (χ0) is 21.3. The number of hydrogen-bond donors (Lipinski definition) is 2. The van der Waals surface area contributed by atoms with Crippen molar-refractivity contribution in [3.05, 3.63) is 82.2 Å². The summed E-state index contributed by atoms with van der Waals surface area (Å²) in [5.41, 5.74) is 4.57. The van der Waals surface area contributed by atoms with Crippen molar-refractivity contribution in [1.29, 1.82) is 0 Å². The number of carbonyl (C=O) groups excluding carboxylic acids is 3. The average molecular weight is 402 g/mol. The molecule has 0 aliphatic heterocycles. The number of anilines is 1. The van der Waals surface area contributed by atoms with Crippen LogP contribution in [0.15, 0.2) is 48.5 Å². The molecule has 3 aromatic rings. The number of ether oxygens (including phenoxy) is 1. The van der Waals surface area contributed by atoms with Gasteiger partial charge in [0.1, 0.15) is 11.4 Å². The van der Waals surface area contributed by atoms with Gasteiger partial charge in [-0.3, -0.25) is 9.59 Å². The number of amides is 1. The van der Waals surface area contributed by atoms with Crippen LogP contribution in [-0.4, -0.2) is 22.6 Å². The van der Waals surface area contributed by atoms with Gasteiger partial charge in [0, 0.05) is 28.9 Å². The van der Waals surface area contributed by atoms with Crippen LogP contribution in [0, 0.1) is 13.8 Å². The number of esters is 1. The Balaban J connectivity index is 1.44. The topological polar surface area (TPSA) is 88.3 Å². The molecule has 0 bridgehead atoms. The number of fused-ring (bicyclic) bond motifs is 1. The van der Waals surface area contributed by atoms with Crippen LogP contribution in [0.1, 0.15) is 60.9 Å². The summed E-state index contributed by atoms with van der Waals surface area (Å²) in [4.78, 5) is 40.2. The predicted octanol–water partition coefficient (Wildman–Crippen LogP) is 4.62. The van der Waals surface area contributed by atoms with E-state index >= 15 is 0 Å². The number of nitrogens with one attached hydrogen (secondary N) is 2. The Morgan fingerprint density at radius 3 is 2.50 bits per heavy atom. The van der Waals surface area contributed by atoms with Crippen molar-refractivity contribution in [3.63, 3.8) is 0 Å². The third-order valence-electron chi connectivity index (χ3n) is 5.24. The first-order valence-electron chi connectivity index (χ1n) is 9.87. The number of benzene rings is 2. The summed E-state index contributed by atoms with van der Waals surface area (Å²) in [5.74, 6) is -0.323. The molecule has 0 unspecified atom stereocenters. The summed E-state index contributed by atoms with van der Waals surface area (Å²) in [6.45, 7) is 3.69. The third-order valence-corrected chi connectivity index (χ3v) is 5.24. The molecule has 0 fully saturated rings. The number of aromatic nitrogens is 1. The van der Waals surface area contributed by atoms with Crippen molar-refractivity contribution >= 4 is 23.3 Å². The number of ketones is 1. The molecule has 2 aromatic carbocycles. The molecule has 30 heavy (non-hydrogen) atoms. The van der Waals surface area contributed by atoms with E-state index in [0.29, 0.717) is 40.2 Å². The minimum absolute atomic E-state index is 0.0674. The summed E-state index contributed by atoms with van der Waals surface area (Å²) >= 11 is 0. The van der Waals surface area contributed by atoms with Gasteiger partial charge >= 0.3 is 5.97 Å². The molecule has 0 radical (unpaired) electrons. The largest absolute Gasteiger partial charge is 0.422 e. The fourth-order valence-electron chi connectivity index (χ4n) is 3.73. The fourth-order valence-corrected chi connectivity index (χ4v) is 3.73. The van der Waals surface area contributed by atoms with E-state index in [0.717, 1.165) is 24.1 Å². The quantitative estimate of drug-likeness (QED) is 0.492. The Morgan fingerprint density at radius 1 is 1.03 bits per heavy atom. The average Bonchev–Trinajstić information content (AvgIpc) is 3.07. The van der Waals surface area contributed by atoms with Crippen LogP contribution in [0.3, 0.4) is 0 Å². The van der Waals surface area contributed by atoms with E-state index in [2.05, 4.69) is 10.3 Å². The van der Waals surface area contributed by atoms with Crippen LogP contribution in [0.5, 0.6) is 5.75 Å². The van der Waals surface area contributed by atoms with Gasteiger partial charge in [0.15, 0.2) is 5.78 Å². The Labute approximate surface area is 174 Å². The van der Waals surface area contributed by atoms with E-state index in [1.54, 1.807) is 37.3 Å². The lowest BCUT2D eigenvalue weighted by atomic mass is 9.94. The maximum absolute atomic E-state index is 12.6. The highest BCUT2D eigenvalue weighted by molar-refractivity contribution is 6.05. The van der Waals surface area contributed by atoms with E-state index in [9.17, 15) is 14.4 Å². The number of carbonyl (C=O) groups is 3. The minimum atomic E-state index is -0.536. The molecular formula is C24H22N2O4. The number of aromatic amines is 1. The second kappa shape index (κ2) is 7.99. The zero-order valence-corrected chi connectivity index (χ0v) is 16.9. The molecule has 6 nitrogen and oxygen atoms in total. The number of H-pyrrole nitrogens is 1. The van der Waals surface area contributed by atoms with Gasteiger partial charge in [-0.25, -0.2) is 4.79 Å². The predicted molar refractivity (Wildman–Crippen MR) is 113 cm³/mol. The molecule has 152 valence electrons. The van der Waals surface area contributed by atoms with Gasteiger partial charge in [0.25, 0.3) is 5.91 Å². The summed E-state index contributed by atoms with van der Waals surface area (Å²) in [6, 6.07) is 13.9. The van der Waals surface area contributed by atoms with Crippen molar-refractivity contribution in [1.82, 2.24) is 4.98 Å². The van der Waals surface area contributed by atoms with Gasteiger partial charge in [0.2, 0.25) is 0 Å². The highest BCUT2D eigenvalue weighted by Gasteiger charge is 2.27. The van der Waals surface area contributed by atoms with E-state index in [1.165, 1.54) is 0 Å². The lowest BCUT2D eigenvalue weighted by Crippen LogP contribution is -2.12. The fraction of sp³-hybridized carbons (Fsp3) is 0.208. The Kier molecular flexibility index (Phi) is 5.23. The first kappa shape index (κ1) is 19.6. The van der Waals surface area contributed by atoms with Crippen molar-refractivity contribution < 1.29 is 19.1 Å². The Hall–Kier alpha value is -3.67. The molecule has 1 amide bonds. The van der Waals surface area contributed by atoms with Crippen LogP contribution in [0.4, 0.5) is 5.69 Å². The smallest absolute Gasteiger partial charge is 0.360 e. The molecule has 1 aliphatic carbocycles. The zero-order valence-electron chi connectivity index (χ0n) is 16.9. The molecule has 0 saturated heterocycles. The number of hydrogen-bond acceptors (Lipinski definition) is 4. The molecule has 6 heteroatoms. The first-order valence-corrected chi connectivity index (χ1v) is 9.87. The van der Waals surface area contributed by atoms with Crippen LogP contribution >= 0.6 is 0 Å². The highest BCUT2D eigenvalue weighted by Crippen LogP contribution is 2.27. The minimum Gasteiger partial charge on any atom is -0.422 e. The molecule has 2 N–H and O–H groups in total. The number of Topliss-reactive ketones (excluding diaryl/α,β-unsaturated/α-hetero) is 1. The number of rotatable bonds is 4. The highest BCUT2D eigenvalue weighted by atomic mass is 16.5. The van der Waals surface area contributed by atoms with Crippen LogP contribution < -0.4 is 10.1 Å². The lowest BCUT2D eigenvalue weighted by molar-refractivity contribution is 0.0728. The van der Waals surface area contributed by atoms with Gasteiger partial charge < -0.3 is 15.0 Å². The van der Waals surface area contributed by atoms with Crippen molar-refractivity contribution in [3.8, 4) is 5.75 Å². The van der Waals surface area contributed by atoms with E-state index < -0.39 is 5.97 Å². The van der Waals surface area contributed by atoms with Gasteiger partial charge in [0.05, 0.1) is 0 Å². The van der Waals surface area contributed by atoms with Gasteiger partial charge in [-0.05, 0) is 68.7 Å². The second-order valence-electron chi connectivity index (χ2n) is 7.49. The normalized spacial score (nSPS) is 12.9. The molecular weight excluding hydrogens is 380 g/mol. The maximum atomic E-state index is 12.6. The van der Waals surface area contributed by atoms with Crippen LogP contribution in [0.2, 0.25) is 0 Å². The SMILES string of the molecule is Cc1cccc(C(=O)Nc2ccc(OC(=O)c3[nH]c4c(c3C)C(=O)CCC4)cc2)c1. The molecule has 1 aliphatic rings. The van der Waals surface area contributed by atoms with E-state index in [4.69, 9.17) is 4.74 Å². The first-order chi connectivity index (χ1) is 14.4. The molecule has 4 rings (SSSR count). The Bertz CT molecular complexity index is 1140. The van der Waals surface area contributed by atoms with Gasteiger partial charge in [-0.2, -0.15) is 0 Å². The lowest BCUT2D eigenvalue weighted by Gasteiger charge is -2.09. The number of aryl methyl sites for hydroxylation is 2. The second-order valence-corrected chi connectivity index (χ2v) is 7.49. The molecule has 1 aromatic heterocycles. The monoisotopic (exact) mass is 402 g/mol. The van der Waals surface area contributed by atoms with E-state index in [1.807, 2.05) is 25.1 Å². The third kappa shape index (κ3) is 3.89. The summed E-state index contributed by atoms with van der Waals surface area (Å²) < 4.78 is 5.46. The standard InChI is InChI=1S/C24H22N2O4/c1-14-5-3-6-16(13-14)23(28)25-17-9-11-18(12-10-17)30-24(29)22-15(2)21-19(26-22)7-4-8-20(21)27/h3,5-6,9-13,26H,4,7-8H2,1-2H3,(H,25,28). The van der Waals surface area contributed by atoms with Gasteiger partial charge in [-0.15, -0.1) is 0 Å². The molecule has 0 saturated carbocycles. The molecule has 1 heterocycles. The van der Waals surface area contributed by atoms with Crippen molar-refractivity contribution in [2.24, 2.45) is 0 Å². The molecule has 0 atom stereocenters. The summed E-state index contributed by atoms with van der Waals surface area (Å²) in [5, 5.41) is 2.82. The Morgan fingerprint density at radius 2 is 1.80 bits per heavy atom. The van der Waals surface area contributed by atoms with E-state index in [-0.39, 0.29) is 11.7 Å². The van der Waals surface area contributed by atoms with Gasteiger partial charge in [-0.1, -0.05) is 17.7 Å². The van der Waals surface area contributed by atoms with Crippen molar-refractivity contribution in [2.75, 3.05) is 5.32 Å². The summed E-state index contributed by atoms with van der Waals surface area (Å²) in [6.07, 6.45) is 2.05. The van der Waals surface area contributed by atoms with Crippen molar-refractivity contribution in [2.45, 2.75) is 33.1 Å². The maximum Gasteiger partial charge on any atom is 0.360 e. The molecule has 0 spiro atoms. The van der Waals surface area contributed by atoms with Crippen LogP contribution in [0.25, 0.3) is 0 Å².